The molecule has 15 N–H and O–H groups in total. The van der Waals surface area contributed by atoms with Gasteiger partial charge in [-0.1, -0.05) is 0 Å². The van der Waals surface area contributed by atoms with E-state index in [2.05, 4.69) is 0 Å². The standard InChI is InChI=1S/5BH3O3.Gd.Mg.Zn.2H/c5*2-1(3)4;;;;;/h5*2-4H;;;;;/q;;;;;;+2;;2*-1. The van der Waals surface area contributed by atoms with Gasteiger partial charge in [-0.05, 0) is 0 Å². The van der Waals surface area contributed by atoms with Gasteiger partial charge in [-0.2, -0.15) is 0 Å². The summed E-state index contributed by atoms with van der Waals surface area (Å²) in [4.78, 5) is 0. The molecule has 0 saturated heterocycles. The molecule has 134 valence electrons. The Kier molecular flexibility index (Phi) is 95.9. The molecule has 0 unspecified atom stereocenters. The van der Waals surface area contributed by atoms with Crippen LogP contribution >= 0.6 is 0 Å². The molecule has 0 aliphatic rings. The molecule has 15 nitrogen and oxygen atoms in total. The first-order valence-corrected chi connectivity index (χ1v) is 3.87. The maximum absolute atomic E-state index is 7.17. The van der Waals surface area contributed by atoms with Crippen molar-refractivity contribution in [1.82, 2.24) is 0 Å². The molecule has 0 bridgehead atoms. The predicted molar refractivity (Wildman–Crippen MR) is 70.0 cm³/mol. The topological polar surface area (TPSA) is 303 Å². The van der Waals surface area contributed by atoms with Crippen molar-refractivity contribution in [3.63, 3.8) is 0 Å². The summed E-state index contributed by atoms with van der Waals surface area (Å²) in [5, 5.41) is 108. The summed E-state index contributed by atoms with van der Waals surface area (Å²) in [5.41, 5.74) is 0. The van der Waals surface area contributed by atoms with Crippen LogP contribution in [-0.4, -0.2) is 135 Å². The van der Waals surface area contributed by atoms with Crippen LogP contribution in [0.3, 0.4) is 0 Å². The molecule has 23 heavy (non-hydrogen) atoms. The van der Waals surface area contributed by atoms with E-state index in [1.807, 2.05) is 0 Å². The third-order valence-electron chi connectivity index (χ3n) is 0. The molecule has 0 rings (SSSR count). The van der Waals surface area contributed by atoms with Gasteiger partial charge in [-0.3, -0.25) is 0 Å². The van der Waals surface area contributed by atoms with E-state index in [0.29, 0.717) is 0 Å². The molecule has 0 aliphatic heterocycles. The number of hydrogen-bond donors (Lipinski definition) is 15. The fraction of sp³-hybridized carbons (Fsp3) is 0. The van der Waals surface area contributed by atoms with Crippen LogP contribution in [-0.2, 0) is 19.5 Å². The average Bonchev–Trinajstić information content (AvgIpc) is 1.94. The summed E-state index contributed by atoms with van der Waals surface area (Å²) in [6.07, 6.45) is 0. The van der Waals surface area contributed by atoms with Crippen LogP contribution in [0.2, 0.25) is 0 Å². The van der Waals surface area contributed by atoms with Crippen LogP contribution in [0.25, 0.3) is 0 Å². The predicted octanol–water partition coefficient (Wildman–Crippen LogP) is -10.4. The van der Waals surface area contributed by atoms with Crippen LogP contribution in [0.1, 0.15) is 2.85 Å². The Labute approximate surface area is 195 Å². The van der Waals surface area contributed by atoms with Crippen LogP contribution in [0, 0.1) is 39.9 Å². The third kappa shape index (κ3) is 2070. The van der Waals surface area contributed by atoms with Crippen molar-refractivity contribution in [3.8, 4) is 0 Å². The Balaban J connectivity index is -0.0000000134. The molecule has 0 fully saturated rings. The quantitative estimate of drug-likeness (QED) is 0.123. The van der Waals surface area contributed by atoms with Crippen LogP contribution in [0.5, 0.6) is 0 Å². The maximum atomic E-state index is 7.17. The zero-order valence-corrected chi connectivity index (χ0v) is 18.0. The molecule has 0 amide bonds. The minimum Gasteiger partial charge on any atom is -1.00 e. The van der Waals surface area contributed by atoms with E-state index in [0.717, 1.165) is 0 Å². The van der Waals surface area contributed by atoms with Gasteiger partial charge in [0.05, 0.1) is 0 Å². The van der Waals surface area contributed by atoms with Gasteiger partial charge in [0.15, 0.2) is 0 Å². The van der Waals surface area contributed by atoms with E-state index in [9.17, 15) is 0 Å². The van der Waals surface area contributed by atoms with Gasteiger partial charge in [-0.25, -0.2) is 0 Å². The molecule has 0 saturated carbocycles. The summed E-state index contributed by atoms with van der Waals surface area (Å²) in [6.45, 7) is 0. The molecular formula is H17B5GdMgO15Zn. The normalized spacial score (nSPS) is 5.87. The largest absolute Gasteiger partial charge is 2.00 e. The van der Waals surface area contributed by atoms with Crippen LogP contribution < -0.4 is 0 Å². The fourth-order valence-corrected chi connectivity index (χ4v) is 0. The van der Waals surface area contributed by atoms with Gasteiger partial charge in [-0.15, -0.1) is 0 Å². The van der Waals surface area contributed by atoms with E-state index in [1.165, 1.54) is 0 Å². The Morgan fingerprint density at radius 3 is 0.348 bits per heavy atom. The molecule has 0 heterocycles. The fourth-order valence-electron chi connectivity index (χ4n) is 0. The summed E-state index contributed by atoms with van der Waals surface area (Å²) >= 11 is 0. The molecular weight excluding hydrogens is 541 g/mol. The second-order valence-corrected chi connectivity index (χ2v) is 1.73. The third-order valence-corrected chi connectivity index (χ3v) is 0. The molecule has 0 aromatic heterocycles. The molecule has 0 spiro atoms. The summed E-state index contributed by atoms with van der Waals surface area (Å²) in [7, 11) is -10.8. The van der Waals surface area contributed by atoms with Crippen LogP contribution in [0.4, 0.5) is 0 Å². The first kappa shape index (κ1) is 50.0. The number of hydrogen-bond acceptors (Lipinski definition) is 15. The average molecular weight is 558 g/mol. The van der Waals surface area contributed by atoms with E-state index in [4.69, 9.17) is 75.4 Å². The van der Waals surface area contributed by atoms with Crippen molar-refractivity contribution in [3.05, 3.63) is 0 Å². The first-order valence-electron chi connectivity index (χ1n) is 3.87. The SMILES string of the molecule is OB(O)O.OB(O)O.OB(O)O.OB(O)O.OB(O)O.[Gd].[H-].[H-].[Mg+2].[Zn]. The van der Waals surface area contributed by atoms with E-state index >= 15 is 0 Å². The molecule has 23 heteroatoms. The van der Waals surface area contributed by atoms with Gasteiger partial charge >= 0.3 is 59.7 Å². The van der Waals surface area contributed by atoms with Gasteiger partial charge in [0, 0.05) is 59.4 Å². The summed E-state index contributed by atoms with van der Waals surface area (Å²) in [5.74, 6) is 0. The van der Waals surface area contributed by atoms with Gasteiger partial charge in [0.1, 0.15) is 0 Å². The Morgan fingerprint density at radius 2 is 0.348 bits per heavy atom. The molecule has 0 aromatic rings. The number of rotatable bonds is 0. The van der Waals surface area contributed by atoms with Gasteiger partial charge in [0.25, 0.3) is 0 Å². The van der Waals surface area contributed by atoms with E-state index < -0.39 is 36.6 Å². The Bertz CT molecular complexity index is 102. The minimum absolute atomic E-state index is 0. The molecule has 0 aliphatic carbocycles. The van der Waals surface area contributed by atoms with Gasteiger partial charge in [0.2, 0.25) is 0 Å². The van der Waals surface area contributed by atoms with Crippen molar-refractivity contribution in [2.24, 2.45) is 0 Å². The molecule has 0 atom stereocenters. The second-order valence-electron chi connectivity index (χ2n) is 1.73. The van der Waals surface area contributed by atoms with Crippen molar-refractivity contribution in [2.45, 2.75) is 0 Å². The van der Waals surface area contributed by atoms with Crippen LogP contribution in [0.15, 0.2) is 0 Å². The maximum Gasteiger partial charge on any atom is 2.00 e. The van der Waals surface area contributed by atoms with Crippen molar-refractivity contribution in [1.29, 1.82) is 0 Å². The van der Waals surface area contributed by atoms with Crippen molar-refractivity contribution in [2.75, 3.05) is 0 Å². The Hall–Kier alpha value is 2.44. The van der Waals surface area contributed by atoms with E-state index in [-0.39, 0.29) is 85.3 Å². The Morgan fingerprint density at radius 1 is 0.348 bits per heavy atom. The summed E-state index contributed by atoms with van der Waals surface area (Å²) in [6, 6.07) is 0. The van der Waals surface area contributed by atoms with Crippen molar-refractivity contribution < 1.29 is 138 Å². The zero-order chi connectivity index (χ0) is 17.9. The second kappa shape index (κ2) is 44.1. The van der Waals surface area contributed by atoms with E-state index in [1.54, 1.807) is 0 Å². The molecule has 0 radical (unpaired) electrons. The van der Waals surface area contributed by atoms with Gasteiger partial charge < -0.3 is 78.2 Å². The van der Waals surface area contributed by atoms with Crippen molar-refractivity contribution >= 4 is 59.7 Å². The molecule has 0 aromatic carbocycles. The zero-order valence-electron chi connectivity index (χ0n) is 13.4. The monoisotopic (exact) mass is 558 g/mol. The summed E-state index contributed by atoms with van der Waals surface area (Å²) < 4.78 is 0. The first-order chi connectivity index (χ1) is 8.66. The smallest absolute Gasteiger partial charge is 1.00 e. The minimum atomic E-state index is -2.17.